The number of alkyl halides is 1. The number of thioether (sulfide) groups is 1. The molecule has 38 heavy (non-hydrogen) atoms. The number of methoxy groups -OCH3 is 1. The van der Waals surface area contributed by atoms with E-state index < -0.39 is 30.2 Å². The highest BCUT2D eigenvalue weighted by Crippen LogP contribution is 2.40. The molecule has 5 nitrogen and oxygen atoms in total. The topological polar surface area (TPSA) is 65.8 Å². The minimum Gasteiger partial charge on any atom is -0.497 e. The van der Waals surface area contributed by atoms with E-state index in [9.17, 15) is 27.8 Å². The van der Waals surface area contributed by atoms with Crippen molar-refractivity contribution >= 4 is 22.7 Å². The van der Waals surface area contributed by atoms with Gasteiger partial charge in [0.1, 0.15) is 18.2 Å². The van der Waals surface area contributed by atoms with Crippen LogP contribution in [-0.4, -0.2) is 59.2 Å². The highest BCUT2D eigenvalue weighted by molar-refractivity contribution is 7.99. The van der Waals surface area contributed by atoms with Crippen molar-refractivity contribution in [1.82, 2.24) is 9.88 Å². The second-order valence-electron chi connectivity index (χ2n) is 9.82. The molecule has 1 fully saturated rings. The van der Waals surface area contributed by atoms with E-state index in [-0.39, 0.29) is 16.9 Å². The quantitative estimate of drug-likeness (QED) is 0.178. The van der Waals surface area contributed by atoms with Gasteiger partial charge in [-0.2, -0.15) is 0 Å². The molecule has 0 aliphatic carbocycles. The predicted molar refractivity (Wildman–Crippen MR) is 140 cm³/mol. The van der Waals surface area contributed by atoms with Crippen molar-refractivity contribution < 1.29 is 32.5 Å². The summed E-state index contributed by atoms with van der Waals surface area (Å²) in [5, 5.41) is 22.1. The Balaban J connectivity index is 1.35. The summed E-state index contributed by atoms with van der Waals surface area (Å²) in [5.41, 5.74) is 1.10. The van der Waals surface area contributed by atoms with Crippen LogP contribution < -0.4 is 4.74 Å². The lowest BCUT2D eigenvalue weighted by atomic mass is 9.74. The van der Waals surface area contributed by atoms with Crippen molar-refractivity contribution in [2.75, 3.05) is 39.1 Å². The Kier molecular flexibility index (Phi) is 9.51. The molecule has 0 saturated carbocycles. The van der Waals surface area contributed by atoms with Gasteiger partial charge in [0.25, 0.3) is 0 Å². The van der Waals surface area contributed by atoms with Crippen LogP contribution in [0.2, 0.25) is 0 Å². The number of fused-ring (bicyclic) bond motifs is 1. The standard InChI is InChI=1S/C28H32F4N2O3S/c1-37-20-2-3-23-21(14-20)26(18(15-29)16-33-23)24(36)4-5-28(17-35)6-8-34(9-7-28)10-11-38-25-13-19(30)12-22(31)27(25)32/h2-3,12-14,16,24,35-36H,4-11,15,17H2,1H3/t24-/m1/s1. The van der Waals surface area contributed by atoms with Gasteiger partial charge in [-0.3, -0.25) is 4.98 Å². The van der Waals surface area contributed by atoms with Gasteiger partial charge >= 0.3 is 0 Å². The molecule has 1 saturated heterocycles. The fourth-order valence-corrected chi connectivity index (χ4v) is 6.10. The van der Waals surface area contributed by atoms with E-state index in [4.69, 9.17) is 4.74 Å². The molecule has 0 spiro atoms. The number of rotatable bonds is 11. The molecule has 0 amide bonds. The van der Waals surface area contributed by atoms with Crippen LogP contribution in [0.15, 0.2) is 41.4 Å². The van der Waals surface area contributed by atoms with Crippen molar-refractivity contribution in [2.24, 2.45) is 5.41 Å². The van der Waals surface area contributed by atoms with Gasteiger partial charge in [0.05, 0.1) is 18.7 Å². The molecule has 2 heterocycles. The summed E-state index contributed by atoms with van der Waals surface area (Å²) in [4.78, 5) is 6.43. The lowest BCUT2D eigenvalue weighted by Gasteiger charge is -2.41. The first-order valence-electron chi connectivity index (χ1n) is 12.6. The van der Waals surface area contributed by atoms with Gasteiger partial charge in [-0.15, -0.1) is 11.8 Å². The minimum atomic E-state index is -1.20. The fourth-order valence-electron chi connectivity index (χ4n) is 5.11. The molecule has 4 rings (SSSR count). The summed E-state index contributed by atoms with van der Waals surface area (Å²) >= 11 is 1.07. The number of piperidine rings is 1. The zero-order valence-corrected chi connectivity index (χ0v) is 22.0. The number of ether oxygens (including phenoxy) is 1. The van der Waals surface area contributed by atoms with E-state index in [0.717, 1.165) is 17.8 Å². The van der Waals surface area contributed by atoms with Crippen LogP contribution in [0.4, 0.5) is 17.6 Å². The summed E-state index contributed by atoms with van der Waals surface area (Å²) in [7, 11) is 1.54. The van der Waals surface area contributed by atoms with Crippen LogP contribution in [0.25, 0.3) is 10.9 Å². The van der Waals surface area contributed by atoms with E-state index in [1.807, 2.05) is 0 Å². The van der Waals surface area contributed by atoms with Gasteiger partial charge in [-0.25, -0.2) is 17.6 Å². The highest BCUT2D eigenvalue weighted by atomic mass is 32.2. The Labute approximate surface area is 223 Å². The first-order valence-corrected chi connectivity index (χ1v) is 13.6. The van der Waals surface area contributed by atoms with Crippen molar-refractivity contribution in [2.45, 2.75) is 43.4 Å². The zero-order valence-electron chi connectivity index (χ0n) is 21.2. The van der Waals surface area contributed by atoms with Crippen molar-refractivity contribution in [3.05, 3.63) is 65.1 Å². The smallest absolute Gasteiger partial charge is 0.172 e. The third-order valence-electron chi connectivity index (χ3n) is 7.50. The number of halogens is 4. The zero-order chi connectivity index (χ0) is 27.3. The average Bonchev–Trinajstić information content (AvgIpc) is 2.94. The average molecular weight is 553 g/mol. The van der Waals surface area contributed by atoms with E-state index in [1.165, 1.54) is 6.20 Å². The Morgan fingerprint density at radius 2 is 1.92 bits per heavy atom. The van der Waals surface area contributed by atoms with Gasteiger partial charge in [-0.05, 0) is 74.0 Å². The van der Waals surface area contributed by atoms with Crippen molar-refractivity contribution in [3.8, 4) is 5.75 Å². The summed E-state index contributed by atoms with van der Waals surface area (Å²) in [6, 6.07) is 6.82. The lowest BCUT2D eigenvalue weighted by molar-refractivity contribution is 0.0253. The maximum absolute atomic E-state index is 13.9. The number of aliphatic hydroxyl groups is 2. The Morgan fingerprint density at radius 1 is 1.16 bits per heavy atom. The number of hydrogen-bond acceptors (Lipinski definition) is 6. The third kappa shape index (κ3) is 6.42. The summed E-state index contributed by atoms with van der Waals surface area (Å²) in [6.45, 7) is 1.22. The van der Waals surface area contributed by atoms with Crippen LogP contribution in [0.1, 0.15) is 42.9 Å². The van der Waals surface area contributed by atoms with Gasteiger partial charge in [0.2, 0.25) is 0 Å². The number of hydrogen-bond donors (Lipinski definition) is 2. The molecule has 1 aliphatic heterocycles. The Bertz CT molecular complexity index is 1250. The van der Waals surface area contributed by atoms with Gasteiger partial charge in [0, 0.05) is 47.0 Å². The summed E-state index contributed by atoms with van der Waals surface area (Å²) in [6.07, 6.45) is 2.83. The molecule has 1 atom stereocenters. The predicted octanol–water partition coefficient (Wildman–Crippen LogP) is 5.81. The second kappa shape index (κ2) is 12.6. The lowest BCUT2D eigenvalue weighted by Crippen LogP contribution is -2.43. The third-order valence-corrected chi connectivity index (χ3v) is 8.50. The number of nitrogens with zero attached hydrogens (tertiary/aromatic N) is 2. The van der Waals surface area contributed by atoms with Gasteiger partial charge in [-0.1, -0.05) is 0 Å². The maximum atomic E-state index is 13.9. The number of likely N-dealkylation sites (tertiary alicyclic amines) is 1. The molecule has 206 valence electrons. The Hall–Kier alpha value is -2.40. The molecule has 1 aliphatic rings. The van der Waals surface area contributed by atoms with Crippen molar-refractivity contribution in [1.29, 1.82) is 0 Å². The minimum absolute atomic E-state index is 0.0308. The molecule has 10 heteroatoms. The van der Waals surface area contributed by atoms with Crippen LogP contribution in [0, 0.1) is 22.9 Å². The molecule has 3 aromatic rings. The first-order chi connectivity index (χ1) is 18.3. The molecular formula is C28H32F4N2O3S. The molecule has 0 radical (unpaired) electrons. The monoisotopic (exact) mass is 552 g/mol. The summed E-state index contributed by atoms with van der Waals surface area (Å²) in [5.74, 6) is -1.99. The number of aliphatic hydroxyl groups excluding tert-OH is 2. The van der Waals surface area contributed by atoms with Crippen LogP contribution in [0.5, 0.6) is 5.75 Å². The molecule has 0 bridgehead atoms. The first kappa shape index (κ1) is 28.6. The number of benzene rings is 2. The maximum Gasteiger partial charge on any atom is 0.172 e. The second-order valence-corrected chi connectivity index (χ2v) is 11.0. The summed E-state index contributed by atoms with van der Waals surface area (Å²) < 4.78 is 59.8. The van der Waals surface area contributed by atoms with Gasteiger partial charge in [0.15, 0.2) is 11.6 Å². The SMILES string of the molecule is COc1ccc2ncc(CF)c([C@H](O)CCC3(CO)CCN(CCSc4cc(F)cc(F)c4F)CC3)c2c1. The van der Waals surface area contributed by atoms with Crippen LogP contribution in [0.3, 0.4) is 0 Å². The largest absolute Gasteiger partial charge is 0.497 e. The molecule has 2 N–H and O–H groups in total. The molecule has 1 aromatic heterocycles. The molecular weight excluding hydrogens is 520 g/mol. The normalized spacial score (nSPS) is 16.6. The number of pyridine rings is 1. The van der Waals surface area contributed by atoms with Crippen LogP contribution in [-0.2, 0) is 6.67 Å². The van der Waals surface area contributed by atoms with E-state index in [2.05, 4.69) is 9.88 Å². The Morgan fingerprint density at radius 3 is 2.61 bits per heavy atom. The van der Waals surface area contributed by atoms with E-state index in [1.54, 1.807) is 25.3 Å². The van der Waals surface area contributed by atoms with E-state index in [0.29, 0.717) is 84.9 Å². The highest BCUT2D eigenvalue weighted by Gasteiger charge is 2.34. The molecule has 0 unspecified atom stereocenters. The van der Waals surface area contributed by atoms with Crippen LogP contribution >= 0.6 is 11.8 Å². The number of aromatic nitrogens is 1. The van der Waals surface area contributed by atoms with Gasteiger partial charge < -0.3 is 19.8 Å². The molecule has 2 aromatic carbocycles. The van der Waals surface area contributed by atoms with E-state index >= 15 is 0 Å². The van der Waals surface area contributed by atoms with Crippen molar-refractivity contribution in [3.63, 3.8) is 0 Å². The fraction of sp³-hybridized carbons (Fsp3) is 0.464.